The van der Waals surface area contributed by atoms with Gasteiger partial charge in [0, 0.05) is 6.54 Å². The van der Waals surface area contributed by atoms with Gasteiger partial charge in [-0.3, -0.25) is 9.59 Å². The first-order valence-corrected chi connectivity index (χ1v) is 10.9. The zero-order valence-electron chi connectivity index (χ0n) is 17.6. The first-order chi connectivity index (χ1) is 15.4. The van der Waals surface area contributed by atoms with Gasteiger partial charge in [0.25, 0.3) is 5.91 Å². The highest BCUT2D eigenvalue weighted by Gasteiger charge is 2.19. The van der Waals surface area contributed by atoms with Gasteiger partial charge in [0.1, 0.15) is 6.04 Å². The molecule has 5 nitrogen and oxygen atoms in total. The van der Waals surface area contributed by atoms with Crippen LogP contribution in [0.2, 0.25) is 10.0 Å². The van der Waals surface area contributed by atoms with E-state index in [0.717, 1.165) is 16.7 Å². The van der Waals surface area contributed by atoms with Crippen molar-refractivity contribution in [1.82, 2.24) is 10.6 Å². The molecule has 0 saturated heterocycles. The van der Waals surface area contributed by atoms with E-state index in [4.69, 9.17) is 27.9 Å². The van der Waals surface area contributed by atoms with Crippen LogP contribution in [0.15, 0.2) is 72.8 Å². The van der Waals surface area contributed by atoms with E-state index < -0.39 is 11.9 Å². The Morgan fingerprint density at radius 2 is 1.47 bits per heavy atom. The highest BCUT2D eigenvalue weighted by molar-refractivity contribution is 6.43. The molecule has 0 heterocycles. The Kier molecular flexibility index (Phi) is 8.68. The fourth-order valence-electron chi connectivity index (χ4n) is 2.98. The van der Waals surface area contributed by atoms with Crippen LogP contribution in [0.25, 0.3) is 0 Å². The lowest BCUT2D eigenvalue weighted by Gasteiger charge is -2.15. The van der Waals surface area contributed by atoms with Crippen LogP contribution in [0.5, 0.6) is 0 Å². The van der Waals surface area contributed by atoms with Gasteiger partial charge in [0.15, 0.2) is 0 Å². The summed E-state index contributed by atoms with van der Waals surface area (Å²) in [5.41, 5.74) is 3.35. The van der Waals surface area contributed by atoms with Crippen molar-refractivity contribution in [3.8, 4) is 0 Å². The van der Waals surface area contributed by atoms with Crippen LogP contribution in [0.1, 0.15) is 34.0 Å². The van der Waals surface area contributed by atoms with E-state index in [1.54, 1.807) is 25.1 Å². The van der Waals surface area contributed by atoms with Crippen LogP contribution in [0.3, 0.4) is 0 Å². The normalized spacial score (nSPS) is 11.6. The van der Waals surface area contributed by atoms with Crippen molar-refractivity contribution in [2.45, 2.75) is 32.7 Å². The molecule has 2 N–H and O–H groups in total. The zero-order chi connectivity index (χ0) is 22.9. The highest BCUT2D eigenvalue weighted by Crippen LogP contribution is 2.25. The highest BCUT2D eigenvalue weighted by atomic mass is 35.5. The maximum Gasteiger partial charge on any atom is 0.253 e. The Bertz CT molecular complexity index is 1060. The summed E-state index contributed by atoms with van der Waals surface area (Å²) < 4.78 is 5.74. The monoisotopic (exact) mass is 470 g/mol. The molecule has 0 radical (unpaired) electrons. The summed E-state index contributed by atoms with van der Waals surface area (Å²) in [5, 5.41) is 5.90. The predicted octanol–water partition coefficient (Wildman–Crippen LogP) is 5.14. The van der Waals surface area contributed by atoms with E-state index >= 15 is 0 Å². The third kappa shape index (κ3) is 6.82. The minimum Gasteiger partial charge on any atom is -0.372 e. The molecule has 0 aromatic heterocycles. The van der Waals surface area contributed by atoms with Crippen molar-refractivity contribution in [3.05, 3.63) is 105 Å². The van der Waals surface area contributed by atoms with E-state index in [1.807, 2.05) is 54.6 Å². The summed E-state index contributed by atoms with van der Waals surface area (Å²) in [6, 6.07) is 21.9. The molecule has 0 aliphatic carbocycles. The first kappa shape index (κ1) is 23.8. The maximum atomic E-state index is 12.4. The van der Waals surface area contributed by atoms with Gasteiger partial charge in [0.05, 0.1) is 28.8 Å². The summed E-state index contributed by atoms with van der Waals surface area (Å²) >= 11 is 12.0. The van der Waals surface area contributed by atoms with Gasteiger partial charge >= 0.3 is 0 Å². The molecule has 0 fully saturated rings. The van der Waals surface area contributed by atoms with Gasteiger partial charge in [0.2, 0.25) is 5.91 Å². The largest absolute Gasteiger partial charge is 0.372 e. The van der Waals surface area contributed by atoms with Crippen LogP contribution >= 0.6 is 23.2 Å². The number of carbonyl (C=O) groups excluding carboxylic acids is 2. The van der Waals surface area contributed by atoms with Crippen LogP contribution in [-0.2, 0) is 29.3 Å². The fraction of sp³-hybridized carbons (Fsp3) is 0.200. The van der Waals surface area contributed by atoms with Gasteiger partial charge in [-0.15, -0.1) is 0 Å². The Labute approximate surface area is 197 Å². The minimum atomic E-state index is -0.733. The summed E-state index contributed by atoms with van der Waals surface area (Å²) in [6.07, 6.45) is 0. The van der Waals surface area contributed by atoms with E-state index in [2.05, 4.69) is 10.6 Å². The fourth-order valence-corrected chi connectivity index (χ4v) is 3.36. The molecule has 3 aromatic rings. The summed E-state index contributed by atoms with van der Waals surface area (Å²) in [6.45, 7) is 3.03. The molecular formula is C25H24Cl2N2O3. The molecule has 1 atom stereocenters. The van der Waals surface area contributed by atoms with Gasteiger partial charge in [-0.05, 0) is 35.7 Å². The van der Waals surface area contributed by atoms with Gasteiger partial charge in [-0.1, -0.05) is 83.9 Å². The topological polar surface area (TPSA) is 67.4 Å². The molecule has 0 spiro atoms. The summed E-state index contributed by atoms with van der Waals surface area (Å²) in [5.74, 6) is -0.758. The lowest BCUT2D eigenvalue weighted by molar-refractivity contribution is -0.122. The quantitative estimate of drug-likeness (QED) is 0.454. The van der Waals surface area contributed by atoms with Crippen LogP contribution in [-0.4, -0.2) is 17.9 Å². The molecule has 0 saturated carbocycles. The average molecular weight is 471 g/mol. The average Bonchev–Trinajstić information content (AvgIpc) is 2.80. The third-order valence-electron chi connectivity index (χ3n) is 4.81. The molecule has 3 rings (SSSR count). The van der Waals surface area contributed by atoms with Gasteiger partial charge in [-0.25, -0.2) is 0 Å². The van der Waals surface area contributed by atoms with Crippen molar-refractivity contribution in [2.24, 2.45) is 0 Å². The number of amides is 2. The van der Waals surface area contributed by atoms with Crippen LogP contribution in [0.4, 0.5) is 0 Å². The molecule has 1 unspecified atom stereocenters. The van der Waals surface area contributed by atoms with Crippen molar-refractivity contribution in [3.63, 3.8) is 0 Å². The second kappa shape index (κ2) is 11.7. The van der Waals surface area contributed by atoms with Crippen molar-refractivity contribution >= 4 is 35.0 Å². The Hall–Kier alpha value is -2.86. The number of benzene rings is 3. The van der Waals surface area contributed by atoms with E-state index in [0.29, 0.717) is 19.8 Å². The number of carbonyl (C=O) groups is 2. The van der Waals surface area contributed by atoms with E-state index in [1.165, 1.54) is 0 Å². The second-order valence-electron chi connectivity index (χ2n) is 7.31. The van der Waals surface area contributed by atoms with Crippen molar-refractivity contribution < 1.29 is 14.3 Å². The van der Waals surface area contributed by atoms with Crippen molar-refractivity contribution in [1.29, 1.82) is 0 Å². The van der Waals surface area contributed by atoms with E-state index in [-0.39, 0.29) is 21.5 Å². The number of halogens is 2. The molecule has 0 aliphatic heterocycles. The van der Waals surface area contributed by atoms with Crippen LogP contribution in [0, 0.1) is 0 Å². The molecule has 32 heavy (non-hydrogen) atoms. The van der Waals surface area contributed by atoms with Gasteiger partial charge < -0.3 is 15.4 Å². The SMILES string of the molecule is CC(NC(=O)c1cccc(Cl)c1Cl)C(=O)NCc1ccc(COCc2ccccc2)cc1. The van der Waals surface area contributed by atoms with Crippen LogP contribution < -0.4 is 10.6 Å². The Morgan fingerprint density at radius 1 is 0.844 bits per heavy atom. The zero-order valence-corrected chi connectivity index (χ0v) is 19.1. The molecule has 0 bridgehead atoms. The number of hydrogen-bond acceptors (Lipinski definition) is 3. The smallest absolute Gasteiger partial charge is 0.253 e. The lowest BCUT2D eigenvalue weighted by Crippen LogP contribution is -2.44. The lowest BCUT2D eigenvalue weighted by atomic mass is 10.1. The maximum absolute atomic E-state index is 12.4. The Morgan fingerprint density at radius 3 is 2.16 bits per heavy atom. The molecule has 3 aromatic carbocycles. The summed E-state index contributed by atoms with van der Waals surface area (Å²) in [4.78, 5) is 24.7. The molecule has 2 amide bonds. The number of hydrogen-bond donors (Lipinski definition) is 2. The van der Waals surface area contributed by atoms with Crippen molar-refractivity contribution in [2.75, 3.05) is 0 Å². The van der Waals surface area contributed by atoms with Gasteiger partial charge in [-0.2, -0.15) is 0 Å². The first-order valence-electron chi connectivity index (χ1n) is 10.2. The summed E-state index contributed by atoms with van der Waals surface area (Å²) in [7, 11) is 0. The van der Waals surface area contributed by atoms with E-state index in [9.17, 15) is 9.59 Å². The molecular weight excluding hydrogens is 447 g/mol. The third-order valence-corrected chi connectivity index (χ3v) is 5.63. The molecule has 0 aliphatic rings. The number of ether oxygens (including phenoxy) is 1. The Balaban J connectivity index is 1.43. The molecule has 7 heteroatoms. The minimum absolute atomic E-state index is 0.159. The number of rotatable bonds is 9. The predicted molar refractivity (Wildman–Crippen MR) is 127 cm³/mol. The second-order valence-corrected chi connectivity index (χ2v) is 8.09. The molecule has 166 valence electrons. The number of nitrogens with one attached hydrogen (secondary N) is 2. The standard InChI is InChI=1S/C25H24Cl2N2O3/c1-17(29-25(31)21-8-5-9-22(26)23(21)27)24(30)28-14-18-10-12-20(13-11-18)16-32-15-19-6-3-2-4-7-19/h2-13,17H,14-16H2,1H3,(H,28,30)(H,29,31).